The van der Waals surface area contributed by atoms with Gasteiger partial charge in [0.05, 0.1) is 13.0 Å². The first kappa shape index (κ1) is 11.7. The molecular formula is C11H11BrN2OS. The van der Waals surface area contributed by atoms with Crippen molar-refractivity contribution in [3.8, 4) is 0 Å². The molecule has 0 unspecified atom stereocenters. The zero-order valence-corrected chi connectivity index (χ0v) is 11.0. The molecule has 0 saturated heterocycles. The predicted molar refractivity (Wildman–Crippen MR) is 70.7 cm³/mol. The Morgan fingerprint density at radius 2 is 2.31 bits per heavy atom. The van der Waals surface area contributed by atoms with Gasteiger partial charge in [-0.25, -0.2) is 0 Å². The summed E-state index contributed by atoms with van der Waals surface area (Å²) in [6.07, 6.45) is 0.376. The highest BCUT2D eigenvalue weighted by atomic mass is 79.9. The van der Waals surface area contributed by atoms with Gasteiger partial charge in [0.25, 0.3) is 0 Å². The number of halogens is 1. The van der Waals surface area contributed by atoms with Gasteiger partial charge >= 0.3 is 0 Å². The number of aliphatic imine (C=N–C) groups is 1. The van der Waals surface area contributed by atoms with E-state index in [9.17, 15) is 4.79 Å². The zero-order valence-electron chi connectivity index (χ0n) is 8.57. The minimum absolute atomic E-state index is 0.0138. The first-order valence-corrected chi connectivity index (χ1v) is 6.74. The van der Waals surface area contributed by atoms with Crippen molar-refractivity contribution in [1.29, 1.82) is 0 Å². The molecule has 5 heteroatoms. The molecule has 0 aliphatic carbocycles. The van der Waals surface area contributed by atoms with E-state index in [0.717, 1.165) is 27.5 Å². The van der Waals surface area contributed by atoms with Gasteiger partial charge in [-0.1, -0.05) is 45.9 Å². The smallest absolute Gasteiger partial charge is 0.230 e. The van der Waals surface area contributed by atoms with E-state index in [4.69, 9.17) is 0 Å². The third-order valence-corrected chi connectivity index (χ3v) is 3.81. The third kappa shape index (κ3) is 3.09. The maximum absolute atomic E-state index is 11.7. The van der Waals surface area contributed by atoms with Crippen molar-refractivity contribution < 1.29 is 4.79 Å². The molecule has 84 valence electrons. The van der Waals surface area contributed by atoms with Crippen LogP contribution in [0.2, 0.25) is 0 Å². The van der Waals surface area contributed by atoms with Crippen LogP contribution in [-0.4, -0.2) is 23.4 Å². The Balaban J connectivity index is 1.94. The monoisotopic (exact) mass is 298 g/mol. The second kappa shape index (κ2) is 5.50. The summed E-state index contributed by atoms with van der Waals surface area (Å²) >= 11 is 5.01. The fourth-order valence-electron chi connectivity index (χ4n) is 1.39. The molecule has 0 fully saturated rings. The van der Waals surface area contributed by atoms with E-state index in [1.165, 1.54) is 0 Å². The standard InChI is InChI=1S/C11H11BrN2OS/c12-9-4-2-1-3-8(9)7-10(15)14-11-13-5-6-16-11/h1-4H,5-7H2,(H,13,14,15). The van der Waals surface area contributed by atoms with Gasteiger partial charge in [0.2, 0.25) is 5.91 Å². The molecule has 16 heavy (non-hydrogen) atoms. The van der Waals surface area contributed by atoms with Gasteiger partial charge < -0.3 is 5.32 Å². The number of carbonyl (C=O) groups is 1. The van der Waals surface area contributed by atoms with Gasteiger partial charge in [-0.15, -0.1) is 0 Å². The molecule has 1 aliphatic heterocycles. The molecule has 3 nitrogen and oxygen atoms in total. The lowest BCUT2D eigenvalue weighted by atomic mass is 10.1. The lowest BCUT2D eigenvalue weighted by molar-refractivity contribution is -0.119. The Kier molecular flexibility index (Phi) is 4.01. The lowest BCUT2D eigenvalue weighted by Crippen LogP contribution is -2.28. The number of hydrogen-bond donors (Lipinski definition) is 1. The molecule has 0 saturated carbocycles. The van der Waals surface area contributed by atoms with Crippen molar-refractivity contribution in [2.24, 2.45) is 4.99 Å². The summed E-state index contributed by atoms with van der Waals surface area (Å²) in [4.78, 5) is 15.9. The molecular weight excluding hydrogens is 288 g/mol. The topological polar surface area (TPSA) is 41.5 Å². The molecule has 0 atom stereocenters. The van der Waals surface area contributed by atoms with Crippen molar-refractivity contribution in [3.63, 3.8) is 0 Å². The van der Waals surface area contributed by atoms with E-state index >= 15 is 0 Å². The van der Waals surface area contributed by atoms with Gasteiger partial charge in [-0.3, -0.25) is 9.79 Å². The molecule has 1 aromatic carbocycles. The van der Waals surface area contributed by atoms with Crippen LogP contribution in [0.3, 0.4) is 0 Å². The fourth-order valence-corrected chi connectivity index (χ4v) is 2.56. The number of hydrogen-bond acceptors (Lipinski definition) is 3. The van der Waals surface area contributed by atoms with Crippen LogP contribution in [-0.2, 0) is 11.2 Å². The quantitative estimate of drug-likeness (QED) is 0.909. The SMILES string of the molecule is O=C(Cc1ccccc1Br)NC1=NCCS1. The Labute approximate surface area is 107 Å². The van der Waals surface area contributed by atoms with Crippen LogP contribution in [0, 0.1) is 0 Å². The van der Waals surface area contributed by atoms with Crippen molar-refractivity contribution >= 4 is 38.8 Å². The molecule has 1 N–H and O–H groups in total. The van der Waals surface area contributed by atoms with Crippen molar-refractivity contribution in [2.75, 3.05) is 12.3 Å². The van der Waals surface area contributed by atoms with Crippen LogP contribution in [0.25, 0.3) is 0 Å². The summed E-state index contributed by atoms with van der Waals surface area (Å²) in [5.41, 5.74) is 0.989. The normalized spacial score (nSPS) is 14.7. The maximum atomic E-state index is 11.7. The summed E-state index contributed by atoms with van der Waals surface area (Å²) in [6, 6.07) is 7.73. The number of carbonyl (C=O) groups excluding carboxylic acids is 1. The summed E-state index contributed by atoms with van der Waals surface area (Å²) in [5.74, 6) is 0.949. The van der Waals surface area contributed by atoms with Crippen LogP contribution < -0.4 is 5.32 Å². The van der Waals surface area contributed by atoms with Gasteiger partial charge in [-0.2, -0.15) is 0 Å². The summed E-state index contributed by atoms with van der Waals surface area (Å²) in [6.45, 7) is 0.801. The number of amidine groups is 1. The fraction of sp³-hybridized carbons (Fsp3) is 0.273. The van der Waals surface area contributed by atoms with Crippen LogP contribution >= 0.6 is 27.7 Å². The molecule has 0 bridgehead atoms. The van der Waals surface area contributed by atoms with Gasteiger partial charge in [-0.05, 0) is 11.6 Å². The van der Waals surface area contributed by atoms with E-state index in [-0.39, 0.29) is 5.91 Å². The van der Waals surface area contributed by atoms with Crippen LogP contribution in [0.5, 0.6) is 0 Å². The molecule has 0 spiro atoms. The largest absolute Gasteiger partial charge is 0.305 e. The third-order valence-electron chi connectivity index (χ3n) is 2.14. The summed E-state index contributed by atoms with van der Waals surface area (Å²) in [5, 5.41) is 3.56. The van der Waals surface area contributed by atoms with Gasteiger partial charge in [0.15, 0.2) is 5.17 Å². The summed E-state index contributed by atoms with van der Waals surface area (Å²) in [7, 11) is 0. The van der Waals surface area contributed by atoms with Gasteiger partial charge in [0.1, 0.15) is 0 Å². The summed E-state index contributed by atoms with van der Waals surface area (Å²) < 4.78 is 0.964. The minimum atomic E-state index is -0.0138. The first-order chi connectivity index (χ1) is 7.75. The molecule has 1 aliphatic rings. The number of nitrogens with zero attached hydrogens (tertiary/aromatic N) is 1. The zero-order chi connectivity index (χ0) is 11.4. The molecule has 1 amide bonds. The van der Waals surface area contributed by atoms with E-state index in [1.807, 2.05) is 24.3 Å². The van der Waals surface area contributed by atoms with Crippen LogP contribution in [0.15, 0.2) is 33.7 Å². The molecule has 2 rings (SSSR count). The number of rotatable bonds is 2. The van der Waals surface area contributed by atoms with E-state index in [2.05, 4.69) is 26.2 Å². The van der Waals surface area contributed by atoms with E-state index in [0.29, 0.717) is 6.42 Å². The molecule has 0 aromatic heterocycles. The molecule has 0 radical (unpaired) electrons. The number of amides is 1. The number of benzene rings is 1. The van der Waals surface area contributed by atoms with E-state index < -0.39 is 0 Å². The highest BCUT2D eigenvalue weighted by molar-refractivity contribution is 9.10. The first-order valence-electron chi connectivity index (χ1n) is 4.96. The highest BCUT2D eigenvalue weighted by Gasteiger charge is 2.12. The Morgan fingerprint density at radius 1 is 1.50 bits per heavy atom. The van der Waals surface area contributed by atoms with Crippen molar-refractivity contribution in [3.05, 3.63) is 34.3 Å². The average molecular weight is 299 g/mol. The van der Waals surface area contributed by atoms with Gasteiger partial charge in [0, 0.05) is 10.2 Å². The molecule has 1 heterocycles. The average Bonchev–Trinajstić information content (AvgIpc) is 2.74. The second-order valence-corrected chi connectivity index (χ2v) is 5.29. The lowest BCUT2D eigenvalue weighted by Gasteiger charge is -2.05. The molecule has 1 aromatic rings. The number of nitrogens with one attached hydrogen (secondary N) is 1. The van der Waals surface area contributed by atoms with Crippen molar-refractivity contribution in [1.82, 2.24) is 5.32 Å². The Bertz CT molecular complexity index is 434. The second-order valence-electron chi connectivity index (χ2n) is 3.35. The maximum Gasteiger partial charge on any atom is 0.230 e. The predicted octanol–water partition coefficient (Wildman–Crippen LogP) is 2.21. The Hall–Kier alpha value is -0.810. The van der Waals surface area contributed by atoms with Crippen molar-refractivity contribution in [2.45, 2.75) is 6.42 Å². The van der Waals surface area contributed by atoms with Crippen LogP contribution in [0.1, 0.15) is 5.56 Å². The Morgan fingerprint density at radius 3 is 3.00 bits per heavy atom. The highest BCUT2D eigenvalue weighted by Crippen LogP contribution is 2.16. The van der Waals surface area contributed by atoms with Crippen LogP contribution in [0.4, 0.5) is 0 Å². The minimum Gasteiger partial charge on any atom is -0.305 e. The number of thioether (sulfide) groups is 1. The van der Waals surface area contributed by atoms with E-state index in [1.54, 1.807) is 11.8 Å².